The topological polar surface area (TPSA) is 95.9 Å². The molecule has 1 heterocycles. The van der Waals surface area contributed by atoms with Crippen molar-refractivity contribution in [3.8, 4) is 11.1 Å². The summed E-state index contributed by atoms with van der Waals surface area (Å²) in [6, 6.07) is 14.8. The lowest BCUT2D eigenvalue weighted by Gasteiger charge is -2.38. The minimum absolute atomic E-state index is 0.0654. The second-order valence-electron chi connectivity index (χ2n) is 9.38. The Labute approximate surface area is 202 Å². The van der Waals surface area contributed by atoms with Gasteiger partial charge in [-0.05, 0) is 28.2 Å². The van der Waals surface area contributed by atoms with Gasteiger partial charge in [0.2, 0.25) is 5.91 Å². The summed E-state index contributed by atoms with van der Waals surface area (Å²) in [4.78, 5) is 38.1. The molecule has 186 valence electrons. The monoisotopic (exact) mass is 486 g/mol. The molecule has 9 heteroatoms. The van der Waals surface area contributed by atoms with Gasteiger partial charge in [0.25, 0.3) is 5.92 Å². The first-order chi connectivity index (χ1) is 16.6. The van der Waals surface area contributed by atoms with E-state index in [4.69, 9.17) is 4.74 Å². The van der Waals surface area contributed by atoms with Gasteiger partial charge in [0.15, 0.2) is 0 Å². The summed E-state index contributed by atoms with van der Waals surface area (Å²) in [5.74, 6) is -8.15. The fourth-order valence-electron chi connectivity index (χ4n) is 4.84. The summed E-state index contributed by atoms with van der Waals surface area (Å²) in [6.45, 7) is 2.58. The van der Waals surface area contributed by atoms with Gasteiger partial charge in [-0.15, -0.1) is 0 Å². The van der Waals surface area contributed by atoms with Gasteiger partial charge < -0.3 is 20.1 Å². The number of nitrogens with one attached hydrogen (secondary N) is 1. The zero-order chi connectivity index (χ0) is 25.3. The molecule has 1 aliphatic heterocycles. The average Bonchev–Trinajstić information content (AvgIpc) is 3.14. The average molecular weight is 487 g/mol. The molecule has 2 N–H and O–H groups in total. The molecule has 0 spiro atoms. The largest absolute Gasteiger partial charge is 0.481 e. The summed E-state index contributed by atoms with van der Waals surface area (Å²) in [7, 11) is 0. The Morgan fingerprint density at radius 2 is 1.66 bits per heavy atom. The summed E-state index contributed by atoms with van der Waals surface area (Å²) in [6.07, 6.45) is -1.54. The number of ether oxygens (including phenoxy) is 1. The van der Waals surface area contributed by atoms with E-state index in [1.54, 1.807) is 13.8 Å². The number of benzene rings is 2. The highest BCUT2D eigenvalue weighted by atomic mass is 19.3. The third kappa shape index (κ3) is 4.85. The smallest absolute Gasteiger partial charge is 0.407 e. The van der Waals surface area contributed by atoms with Gasteiger partial charge in [0.05, 0.1) is 0 Å². The molecule has 2 atom stereocenters. The van der Waals surface area contributed by atoms with Gasteiger partial charge in [-0.2, -0.15) is 0 Å². The first-order valence-corrected chi connectivity index (χ1v) is 11.6. The predicted octanol–water partition coefficient (Wildman–Crippen LogP) is 4.12. The van der Waals surface area contributed by atoms with Crippen LogP contribution in [0.1, 0.15) is 37.3 Å². The summed E-state index contributed by atoms with van der Waals surface area (Å²) < 4.78 is 33.5. The maximum absolute atomic E-state index is 14.0. The second kappa shape index (κ2) is 9.64. The van der Waals surface area contributed by atoms with Crippen molar-refractivity contribution in [2.24, 2.45) is 11.8 Å². The summed E-state index contributed by atoms with van der Waals surface area (Å²) in [5, 5.41) is 11.7. The minimum Gasteiger partial charge on any atom is -0.481 e. The number of hydrogen-bond acceptors (Lipinski definition) is 4. The molecule has 0 radical (unpaired) electrons. The fraction of sp³-hybridized carbons (Fsp3) is 0.423. The molecule has 35 heavy (non-hydrogen) atoms. The molecule has 2 aromatic rings. The van der Waals surface area contributed by atoms with Gasteiger partial charge in [-0.3, -0.25) is 9.59 Å². The van der Waals surface area contributed by atoms with Crippen molar-refractivity contribution in [1.29, 1.82) is 0 Å². The first kappa shape index (κ1) is 24.6. The van der Waals surface area contributed by atoms with Crippen LogP contribution in [0.5, 0.6) is 0 Å². The van der Waals surface area contributed by atoms with Gasteiger partial charge in [-0.1, -0.05) is 62.4 Å². The van der Waals surface area contributed by atoms with Crippen LogP contribution in [0.25, 0.3) is 11.1 Å². The zero-order valence-electron chi connectivity index (χ0n) is 19.5. The van der Waals surface area contributed by atoms with Gasteiger partial charge >= 0.3 is 12.1 Å². The number of nitrogens with zero attached hydrogens (tertiary/aromatic N) is 1. The normalized spacial score (nSPS) is 19.6. The van der Waals surface area contributed by atoms with Crippen LogP contribution < -0.4 is 5.32 Å². The molecule has 1 saturated heterocycles. The van der Waals surface area contributed by atoms with E-state index in [9.17, 15) is 28.3 Å². The van der Waals surface area contributed by atoms with Crippen LogP contribution in [-0.2, 0) is 14.3 Å². The van der Waals surface area contributed by atoms with Gasteiger partial charge in [0.1, 0.15) is 18.6 Å². The number of halogens is 2. The quantitative estimate of drug-likeness (QED) is 0.641. The van der Waals surface area contributed by atoms with E-state index in [0.717, 1.165) is 27.2 Å². The van der Waals surface area contributed by atoms with Gasteiger partial charge in [0, 0.05) is 25.4 Å². The number of likely N-dealkylation sites (tertiary alicyclic amines) is 1. The number of carbonyl (C=O) groups is 3. The van der Waals surface area contributed by atoms with E-state index in [0.29, 0.717) is 0 Å². The van der Waals surface area contributed by atoms with Crippen LogP contribution in [0, 0.1) is 11.8 Å². The predicted molar refractivity (Wildman–Crippen MR) is 124 cm³/mol. The van der Waals surface area contributed by atoms with Crippen molar-refractivity contribution in [2.75, 3.05) is 19.7 Å². The van der Waals surface area contributed by atoms with Crippen LogP contribution in [0.4, 0.5) is 13.6 Å². The maximum Gasteiger partial charge on any atom is 0.407 e. The molecular weight excluding hydrogens is 458 g/mol. The van der Waals surface area contributed by atoms with E-state index in [1.165, 1.54) is 0 Å². The Bertz CT molecular complexity index is 1090. The second-order valence-corrected chi connectivity index (χ2v) is 9.38. The molecule has 0 saturated carbocycles. The number of carbonyl (C=O) groups excluding carboxylic acids is 2. The van der Waals surface area contributed by atoms with E-state index < -0.39 is 48.8 Å². The molecule has 1 fully saturated rings. The van der Waals surface area contributed by atoms with Crippen molar-refractivity contribution in [1.82, 2.24) is 10.2 Å². The Balaban J connectivity index is 1.42. The Kier molecular flexibility index (Phi) is 6.78. The summed E-state index contributed by atoms with van der Waals surface area (Å²) >= 11 is 0. The number of piperidine rings is 1. The number of fused-ring (bicyclic) bond motifs is 3. The van der Waals surface area contributed by atoms with Crippen molar-refractivity contribution >= 4 is 18.0 Å². The SMILES string of the molecule is CC(C)[C@H](NC(=O)OCC1c2ccccc2-c2ccccc21)C(=O)N1CCC(F)(F)C(C(=O)O)C1. The maximum atomic E-state index is 14.0. The van der Waals surface area contributed by atoms with E-state index in [1.807, 2.05) is 48.5 Å². The molecule has 1 aliphatic carbocycles. The lowest BCUT2D eigenvalue weighted by molar-refractivity contribution is -0.170. The molecule has 0 aromatic heterocycles. The van der Waals surface area contributed by atoms with Gasteiger partial charge in [-0.25, -0.2) is 13.6 Å². The van der Waals surface area contributed by atoms with Crippen LogP contribution in [0.15, 0.2) is 48.5 Å². The fourth-order valence-corrected chi connectivity index (χ4v) is 4.84. The Morgan fingerprint density at radius 1 is 1.09 bits per heavy atom. The first-order valence-electron chi connectivity index (χ1n) is 11.6. The standard InChI is InChI=1S/C26H28F2N2O5/c1-15(2)22(23(31)30-12-11-26(27,28)21(13-30)24(32)33)29-25(34)35-14-20-18-9-5-3-7-16(18)17-8-4-6-10-19(17)20/h3-10,15,20-22H,11-14H2,1-2H3,(H,29,34)(H,32,33)/t21?,22-/m0/s1. The third-order valence-corrected chi connectivity index (χ3v) is 6.79. The molecule has 2 aromatic carbocycles. The van der Waals surface area contributed by atoms with E-state index in [-0.39, 0.29) is 25.0 Å². The number of aliphatic carboxylic acids is 1. The zero-order valence-corrected chi connectivity index (χ0v) is 19.5. The van der Waals surface area contributed by atoms with Crippen LogP contribution >= 0.6 is 0 Å². The number of amides is 2. The number of hydrogen-bond donors (Lipinski definition) is 2. The number of alkyl halides is 2. The number of carboxylic acid groups (broad SMARTS) is 1. The van der Waals surface area contributed by atoms with Crippen molar-refractivity contribution in [3.63, 3.8) is 0 Å². The highest BCUT2D eigenvalue weighted by molar-refractivity contribution is 5.87. The lowest BCUT2D eigenvalue weighted by Crippen LogP contribution is -2.58. The molecule has 2 aliphatic rings. The molecular formula is C26H28F2N2O5. The number of carboxylic acids is 1. The molecule has 2 amide bonds. The molecule has 7 nitrogen and oxygen atoms in total. The summed E-state index contributed by atoms with van der Waals surface area (Å²) in [5.41, 5.74) is 4.27. The Hall–Kier alpha value is -3.49. The third-order valence-electron chi connectivity index (χ3n) is 6.79. The van der Waals surface area contributed by atoms with Crippen molar-refractivity contribution in [3.05, 3.63) is 59.7 Å². The number of rotatable bonds is 6. The molecule has 4 rings (SSSR count). The lowest BCUT2D eigenvalue weighted by atomic mass is 9.92. The number of alkyl carbamates (subject to hydrolysis) is 1. The molecule has 0 bridgehead atoms. The van der Waals surface area contributed by atoms with Crippen molar-refractivity contribution in [2.45, 2.75) is 38.2 Å². The van der Waals surface area contributed by atoms with Crippen LogP contribution in [0.2, 0.25) is 0 Å². The van der Waals surface area contributed by atoms with E-state index in [2.05, 4.69) is 5.32 Å². The van der Waals surface area contributed by atoms with E-state index >= 15 is 0 Å². The van der Waals surface area contributed by atoms with Crippen molar-refractivity contribution < 1.29 is 33.0 Å². The highest BCUT2D eigenvalue weighted by Gasteiger charge is 2.50. The minimum atomic E-state index is -3.39. The van der Waals surface area contributed by atoms with Crippen LogP contribution in [0.3, 0.4) is 0 Å². The molecule has 1 unspecified atom stereocenters. The van der Waals surface area contributed by atoms with Crippen LogP contribution in [-0.4, -0.2) is 59.6 Å². The Morgan fingerprint density at radius 3 is 2.20 bits per heavy atom. The highest BCUT2D eigenvalue weighted by Crippen LogP contribution is 2.44.